The maximum Gasteiger partial charge on any atom is 0.416 e. The standard InChI is InChI=1S/C42H47F3N6O3/c1-32(52)49-24-26-50(27-25-49)38-18-13-35(14-19-38)31-51(40(53)20-15-33-11-16-37(17-12-33)42(43,44)45)39(28-34-8-5-4-6-9-34)41(54)48(3)23-22-47(2)30-36-10-7-21-46-29-36/h4-21,29,39H,22-28,30-31H2,1-3H3. The van der Waals surface area contributed by atoms with Gasteiger partial charge >= 0.3 is 6.18 Å². The number of alkyl halides is 3. The number of pyridine rings is 1. The van der Waals surface area contributed by atoms with Crippen molar-refractivity contribution in [3.8, 4) is 0 Å². The van der Waals surface area contributed by atoms with Crippen molar-refractivity contribution in [2.24, 2.45) is 0 Å². The Kier molecular flexibility index (Phi) is 13.6. The van der Waals surface area contributed by atoms with Crippen LogP contribution in [0.15, 0.2) is 109 Å². The minimum absolute atomic E-state index is 0.0594. The Balaban J connectivity index is 1.40. The first-order valence-corrected chi connectivity index (χ1v) is 18.0. The van der Waals surface area contributed by atoms with Crippen LogP contribution in [0, 0.1) is 0 Å². The number of amides is 3. The molecule has 1 aliphatic heterocycles. The summed E-state index contributed by atoms with van der Waals surface area (Å²) in [5.41, 5.74) is 3.38. The van der Waals surface area contributed by atoms with Crippen molar-refractivity contribution >= 4 is 29.5 Å². The molecule has 0 spiro atoms. The van der Waals surface area contributed by atoms with Crippen LogP contribution in [-0.2, 0) is 40.1 Å². The molecule has 284 valence electrons. The summed E-state index contributed by atoms with van der Waals surface area (Å²) in [6, 6.07) is 24.9. The molecule has 3 aromatic carbocycles. The van der Waals surface area contributed by atoms with E-state index in [1.54, 1.807) is 30.0 Å². The summed E-state index contributed by atoms with van der Waals surface area (Å²) in [5, 5.41) is 0. The number of rotatable bonds is 14. The van der Waals surface area contributed by atoms with Crippen molar-refractivity contribution in [2.45, 2.75) is 38.7 Å². The van der Waals surface area contributed by atoms with Gasteiger partial charge in [-0.05, 0) is 65.7 Å². The maximum absolute atomic E-state index is 14.4. The van der Waals surface area contributed by atoms with Gasteiger partial charge in [0.1, 0.15) is 6.04 Å². The van der Waals surface area contributed by atoms with Gasteiger partial charge in [-0.15, -0.1) is 0 Å². The van der Waals surface area contributed by atoms with Crippen LogP contribution >= 0.6 is 0 Å². The number of halogens is 3. The normalized spacial score (nSPS) is 14.0. The number of hydrogen-bond donors (Lipinski definition) is 0. The van der Waals surface area contributed by atoms with Crippen LogP contribution < -0.4 is 4.90 Å². The van der Waals surface area contributed by atoms with Crippen LogP contribution in [0.1, 0.15) is 34.7 Å². The second-order valence-corrected chi connectivity index (χ2v) is 13.6. The molecule has 3 amide bonds. The molecule has 5 rings (SSSR count). The number of aromatic nitrogens is 1. The van der Waals surface area contributed by atoms with Gasteiger partial charge < -0.3 is 24.5 Å². The Hall–Kier alpha value is -5.49. The first-order valence-electron chi connectivity index (χ1n) is 18.0. The molecule has 0 bridgehead atoms. The number of hydrogen-bond acceptors (Lipinski definition) is 6. The summed E-state index contributed by atoms with van der Waals surface area (Å²) in [6.45, 7) is 6.03. The number of benzene rings is 3. The molecule has 1 atom stereocenters. The van der Waals surface area contributed by atoms with Gasteiger partial charge in [-0.1, -0.05) is 60.7 Å². The number of carbonyl (C=O) groups is 3. The van der Waals surface area contributed by atoms with Gasteiger partial charge in [-0.25, -0.2) is 0 Å². The fraction of sp³-hybridized carbons (Fsp3) is 0.333. The molecule has 54 heavy (non-hydrogen) atoms. The molecule has 1 unspecified atom stereocenters. The molecule has 1 aromatic heterocycles. The third-order valence-corrected chi connectivity index (χ3v) is 9.62. The summed E-state index contributed by atoms with van der Waals surface area (Å²) < 4.78 is 39.6. The van der Waals surface area contributed by atoms with Gasteiger partial charge in [-0.3, -0.25) is 19.4 Å². The zero-order valence-electron chi connectivity index (χ0n) is 31.0. The van der Waals surface area contributed by atoms with Crippen LogP contribution in [0.2, 0.25) is 0 Å². The lowest BCUT2D eigenvalue weighted by Crippen LogP contribution is -2.51. The van der Waals surface area contributed by atoms with E-state index in [-0.39, 0.29) is 24.8 Å². The van der Waals surface area contributed by atoms with E-state index >= 15 is 0 Å². The third kappa shape index (κ3) is 11.3. The van der Waals surface area contributed by atoms with Crippen LogP contribution in [0.4, 0.5) is 18.9 Å². The number of anilines is 1. The Labute approximate surface area is 315 Å². The van der Waals surface area contributed by atoms with E-state index in [1.165, 1.54) is 24.3 Å². The van der Waals surface area contributed by atoms with Gasteiger partial charge in [-0.2, -0.15) is 13.2 Å². The van der Waals surface area contributed by atoms with Crippen molar-refractivity contribution in [1.29, 1.82) is 0 Å². The molecule has 9 nitrogen and oxygen atoms in total. The smallest absolute Gasteiger partial charge is 0.368 e. The molecular formula is C42H47F3N6O3. The highest BCUT2D eigenvalue weighted by Crippen LogP contribution is 2.29. The lowest BCUT2D eigenvalue weighted by Gasteiger charge is -2.36. The van der Waals surface area contributed by atoms with Gasteiger partial charge in [0.25, 0.3) is 0 Å². The minimum atomic E-state index is -4.47. The predicted molar refractivity (Wildman–Crippen MR) is 204 cm³/mol. The predicted octanol–water partition coefficient (Wildman–Crippen LogP) is 6.01. The second-order valence-electron chi connectivity index (χ2n) is 13.6. The quantitative estimate of drug-likeness (QED) is 0.148. The number of carbonyl (C=O) groups excluding carboxylic acids is 3. The highest BCUT2D eigenvalue weighted by atomic mass is 19.4. The Bertz CT molecular complexity index is 1850. The Morgan fingerprint density at radius 3 is 2.07 bits per heavy atom. The molecule has 0 saturated carbocycles. The summed E-state index contributed by atoms with van der Waals surface area (Å²) in [7, 11) is 3.71. The summed E-state index contributed by atoms with van der Waals surface area (Å²) in [6.07, 6.45) is 2.11. The third-order valence-electron chi connectivity index (χ3n) is 9.62. The van der Waals surface area contributed by atoms with E-state index in [1.807, 2.05) is 84.9 Å². The largest absolute Gasteiger partial charge is 0.416 e. The fourth-order valence-electron chi connectivity index (χ4n) is 6.41. The molecule has 12 heteroatoms. The molecule has 1 fully saturated rings. The molecule has 1 aliphatic rings. The van der Waals surface area contributed by atoms with Crippen molar-refractivity contribution in [3.05, 3.63) is 137 Å². The van der Waals surface area contributed by atoms with Gasteiger partial charge in [0.05, 0.1) is 5.56 Å². The van der Waals surface area contributed by atoms with E-state index in [0.717, 1.165) is 34.5 Å². The molecule has 4 aromatic rings. The van der Waals surface area contributed by atoms with E-state index < -0.39 is 23.7 Å². The lowest BCUT2D eigenvalue weighted by atomic mass is 10.0. The highest BCUT2D eigenvalue weighted by Gasteiger charge is 2.32. The van der Waals surface area contributed by atoms with Gasteiger partial charge in [0.2, 0.25) is 17.7 Å². The van der Waals surface area contributed by atoms with Crippen molar-refractivity contribution < 1.29 is 27.6 Å². The highest BCUT2D eigenvalue weighted by molar-refractivity contribution is 5.95. The average molecular weight is 741 g/mol. The zero-order chi connectivity index (χ0) is 38.7. The number of nitrogens with zero attached hydrogens (tertiary/aromatic N) is 6. The summed E-state index contributed by atoms with van der Waals surface area (Å²) in [5.74, 6) is -0.621. The zero-order valence-corrected chi connectivity index (χ0v) is 31.0. The van der Waals surface area contributed by atoms with Crippen molar-refractivity contribution in [3.63, 3.8) is 0 Å². The monoisotopic (exact) mass is 740 g/mol. The average Bonchev–Trinajstić information content (AvgIpc) is 3.18. The topological polar surface area (TPSA) is 80.3 Å². The van der Waals surface area contributed by atoms with E-state index in [4.69, 9.17) is 0 Å². The van der Waals surface area contributed by atoms with Crippen molar-refractivity contribution in [2.75, 3.05) is 58.3 Å². The Morgan fingerprint density at radius 2 is 1.46 bits per heavy atom. The molecule has 1 saturated heterocycles. The van der Waals surface area contributed by atoms with Crippen LogP contribution in [0.3, 0.4) is 0 Å². The van der Waals surface area contributed by atoms with Crippen LogP contribution in [0.25, 0.3) is 6.08 Å². The van der Waals surface area contributed by atoms with E-state index in [9.17, 15) is 27.6 Å². The van der Waals surface area contributed by atoms with E-state index in [0.29, 0.717) is 51.4 Å². The molecule has 0 N–H and O–H groups in total. The first-order chi connectivity index (χ1) is 25.9. The van der Waals surface area contributed by atoms with E-state index in [2.05, 4.69) is 14.8 Å². The van der Waals surface area contributed by atoms with Gasteiger partial charge in [0.15, 0.2) is 0 Å². The van der Waals surface area contributed by atoms with Crippen LogP contribution in [-0.4, -0.2) is 102 Å². The molecule has 0 aliphatic carbocycles. The number of piperazine rings is 1. The second kappa shape index (κ2) is 18.5. The van der Waals surface area contributed by atoms with Crippen LogP contribution in [0.5, 0.6) is 0 Å². The maximum atomic E-state index is 14.4. The summed E-state index contributed by atoms with van der Waals surface area (Å²) in [4.78, 5) is 54.0. The molecule has 2 heterocycles. The summed E-state index contributed by atoms with van der Waals surface area (Å²) >= 11 is 0. The lowest BCUT2D eigenvalue weighted by molar-refractivity contribution is -0.143. The molecular weight excluding hydrogens is 693 g/mol. The minimum Gasteiger partial charge on any atom is -0.368 e. The molecule has 0 radical (unpaired) electrons. The Morgan fingerprint density at radius 1 is 0.796 bits per heavy atom. The fourth-order valence-corrected chi connectivity index (χ4v) is 6.41. The van der Waals surface area contributed by atoms with Gasteiger partial charge in [0, 0.05) is 96.9 Å². The SMILES string of the molecule is CC(=O)N1CCN(c2ccc(CN(C(=O)C=Cc3ccc(C(F)(F)F)cc3)C(Cc3ccccc3)C(=O)N(C)CCN(C)Cc3cccnc3)cc2)CC1. The number of likely N-dealkylation sites (N-methyl/N-ethyl adjacent to an activating group) is 2. The first kappa shape index (κ1) is 39.7. The van der Waals surface area contributed by atoms with Crippen molar-refractivity contribution in [1.82, 2.24) is 24.6 Å².